The maximum Gasteiger partial charge on any atom is 0.238 e. The number of carbonyl (C=O) groups is 2. The first-order valence-electron chi connectivity index (χ1n) is 6.06. The van der Waals surface area contributed by atoms with Gasteiger partial charge in [-0.2, -0.15) is 0 Å². The molecule has 3 N–H and O–H groups in total. The van der Waals surface area contributed by atoms with Gasteiger partial charge in [0.15, 0.2) is 0 Å². The van der Waals surface area contributed by atoms with E-state index >= 15 is 0 Å². The predicted molar refractivity (Wildman–Crippen MR) is 75.9 cm³/mol. The molecule has 1 aromatic carbocycles. The Kier molecular flexibility index (Phi) is 6.32. The smallest absolute Gasteiger partial charge is 0.238 e. The van der Waals surface area contributed by atoms with E-state index in [4.69, 9.17) is 0 Å². The second-order valence-corrected chi connectivity index (χ2v) is 4.01. The van der Waals surface area contributed by atoms with Crippen molar-refractivity contribution in [3.05, 3.63) is 42.5 Å². The molecule has 2 amide bonds. The maximum atomic E-state index is 11.5. The minimum Gasteiger partial charge on any atom is -0.359 e. The molecule has 1 rings (SSSR count). The van der Waals surface area contributed by atoms with Gasteiger partial charge >= 0.3 is 0 Å². The Morgan fingerprint density at radius 3 is 2.47 bits per heavy atom. The van der Waals surface area contributed by atoms with Crippen LogP contribution in [0.5, 0.6) is 0 Å². The highest BCUT2D eigenvalue weighted by Gasteiger charge is 2.03. The number of amides is 2. The van der Waals surface area contributed by atoms with Crippen molar-refractivity contribution in [2.75, 3.05) is 25.5 Å². The van der Waals surface area contributed by atoms with Crippen LogP contribution in [0, 0.1) is 0 Å². The number of carbonyl (C=O) groups excluding carboxylic acids is 2. The third kappa shape index (κ3) is 5.83. The summed E-state index contributed by atoms with van der Waals surface area (Å²) in [5.41, 5.74) is 1.62. The Hall–Kier alpha value is -2.14. The third-order valence-electron chi connectivity index (χ3n) is 2.46. The highest BCUT2D eigenvalue weighted by molar-refractivity contribution is 5.92. The normalized spacial score (nSPS) is 9.74. The summed E-state index contributed by atoms with van der Waals surface area (Å²) < 4.78 is 0. The number of anilines is 1. The molecule has 0 heterocycles. The first-order chi connectivity index (χ1) is 9.15. The molecule has 0 bridgehead atoms. The number of hydrogen-bond donors (Lipinski definition) is 3. The Bertz CT molecular complexity index is 441. The van der Waals surface area contributed by atoms with Crippen LogP contribution in [-0.4, -0.2) is 32.0 Å². The Labute approximate surface area is 113 Å². The van der Waals surface area contributed by atoms with Gasteiger partial charge in [0, 0.05) is 19.3 Å². The highest BCUT2D eigenvalue weighted by atomic mass is 16.2. The molecule has 0 radical (unpaired) electrons. The molecule has 0 aliphatic carbocycles. The first kappa shape index (κ1) is 14.9. The van der Waals surface area contributed by atoms with Gasteiger partial charge in [0.05, 0.1) is 13.0 Å². The van der Waals surface area contributed by atoms with Crippen LogP contribution in [0.1, 0.15) is 5.56 Å². The van der Waals surface area contributed by atoms with Crippen molar-refractivity contribution in [1.82, 2.24) is 10.6 Å². The average Bonchev–Trinajstić information content (AvgIpc) is 2.41. The van der Waals surface area contributed by atoms with Gasteiger partial charge in [-0.05, 0) is 17.7 Å². The van der Waals surface area contributed by atoms with Crippen LogP contribution in [0.15, 0.2) is 36.9 Å². The third-order valence-corrected chi connectivity index (χ3v) is 2.46. The fraction of sp³-hybridized carbons (Fsp3) is 0.286. The topological polar surface area (TPSA) is 70.2 Å². The van der Waals surface area contributed by atoms with E-state index in [1.807, 2.05) is 12.1 Å². The molecule has 0 aromatic heterocycles. The largest absolute Gasteiger partial charge is 0.359 e. The van der Waals surface area contributed by atoms with Crippen LogP contribution >= 0.6 is 0 Å². The number of hydrogen-bond acceptors (Lipinski definition) is 3. The van der Waals surface area contributed by atoms with E-state index in [-0.39, 0.29) is 18.4 Å². The van der Waals surface area contributed by atoms with E-state index < -0.39 is 0 Å². The van der Waals surface area contributed by atoms with Crippen LogP contribution in [0.4, 0.5) is 5.69 Å². The highest BCUT2D eigenvalue weighted by Crippen LogP contribution is 2.09. The Morgan fingerprint density at radius 1 is 1.21 bits per heavy atom. The molecule has 0 unspecified atom stereocenters. The fourth-order valence-corrected chi connectivity index (χ4v) is 1.47. The monoisotopic (exact) mass is 261 g/mol. The summed E-state index contributed by atoms with van der Waals surface area (Å²) in [7, 11) is 1.60. The maximum absolute atomic E-state index is 11.5. The molecule has 0 aliphatic heterocycles. The average molecular weight is 261 g/mol. The molecule has 0 spiro atoms. The molecule has 0 fully saturated rings. The summed E-state index contributed by atoms with van der Waals surface area (Å²) in [4.78, 5) is 22.7. The lowest BCUT2D eigenvalue weighted by Gasteiger charge is -2.06. The lowest BCUT2D eigenvalue weighted by atomic mass is 10.1. The van der Waals surface area contributed by atoms with Crippen LogP contribution in [0.2, 0.25) is 0 Å². The van der Waals surface area contributed by atoms with E-state index in [0.29, 0.717) is 18.7 Å². The van der Waals surface area contributed by atoms with Gasteiger partial charge in [-0.1, -0.05) is 18.2 Å². The molecule has 102 valence electrons. The molecule has 5 heteroatoms. The van der Waals surface area contributed by atoms with Crippen LogP contribution in [0.25, 0.3) is 0 Å². The van der Waals surface area contributed by atoms with Crippen LogP contribution < -0.4 is 16.0 Å². The minimum absolute atomic E-state index is 0.0367. The number of nitrogens with one attached hydrogen (secondary N) is 3. The van der Waals surface area contributed by atoms with E-state index in [1.54, 1.807) is 25.3 Å². The number of rotatable bonds is 7. The van der Waals surface area contributed by atoms with Gasteiger partial charge in [0.25, 0.3) is 0 Å². The van der Waals surface area contributed by atoms with Gasteiger partial charge in [-0.25, -0.2) is 0 Å². The lowest BCUT2D eigenvalue weighted by molar-refractivity contribution is -0.120. The SMILES string of the molecule is C=CCNCC(=O)Nc1ccc(CC(=O)NC)cc1. The van der Waals surface area contributed by atoms with E-state index in [2.05, 4.69) is 22.5 Å². The first-order valence-corrected chi connectivity index (χ1v) is 6.06. The number of likely N-dealkylation sites (N-methyl/N-ethyl adjacent to an activating group) is 1. The molecule has 1 aromatic rings. The summed E-state index contributed by atoms with van der Waals surface area (Å²) >= 11 is 0. The van der Waals surface area contributed by atoms with Gasteiger partial charge in [0.2, 0.25) is 11.8 Å². The predicted octanol–water partition coefficient (Wildman–Crippen LogP) is 0.689. The second kappa shape index (κ2) is 8.05. The molecule has 0 saturated carbocycles. The summed E-state index contributed by atoms with van der Waals surface area (Å²) in [5.74, 6) is -0.147. The van der Waals surface area contributed by atoms with Crippen molar-refractivity contribution in [3.8, 4) is 0 Å². The zero-order valence-corrected chi connectivity index (χ0v) is 11.0. The molecule has 0 atom stereocenters. The molecular weight excluding hydrogens is 242 g/mol. The van der Waals surface area contributed by atoms with Crippen molar-refractivity contribution in [3.63, 3.8) is 0 Å². The summed E-state index contributed by atoms with van der Waals surface area (Å²) in [5, 5.41) is 8.24. The molecule has 0 aliphatic rings. The van der Waals surface area contributed by atoms with Crippen molar-refractivity contribution >= 4 is 17.5 Å². The Morgan fingerprint density at radius 2 is 1.89 bits per heavy atom. The van der Waals surface area contributed by atoms with Crippen LogP contribution in [0.3, 0.4) is 0 Å². The summed E-state index contributed by atoms with van der Waals surface area (Å²) in [6.07, 6.45) is 2.03. The lowest BCUT2D eigenvalue weighted by Crippen LogP contribution is -2.28. The van der Waals surface area contributed by atoms with Crippen molar-refractivity contribution in [2.24, 2.45) is 0 Å². The quantitative estimate of drug-likeness (QED) is 0.499. The second-order valence-electron chi connectivity index (χ2n) is 4.01. The van der Waals surface area contributed by atoms with Gasteiger partial charge in [-0.3, -0.25) is 9.59 Å². The zero-order valence-electron chi connectivity index (χ0n) is 11.0. The van der Waals surface area contributed by atoms with Crippen LogP contribution in [-0.2, 0) is 16.0 Å². The van der Waals surface area contributed by atoms with E-state index in [9.17, 15) is 9.59 Å². The van der Waals surface area contributed by atoms with Gasteiger partial charge in [-0.15, -0.1) is 6.58 Å². The van der Waals surface area contributed by atoms with Gasteiger partial charge < -0.3 is 16.0 Å². The molecular formula is C14H19N3O2. The molecule has 5 nitrogen and oxygen atoms in total. The van der Waals surface area contributed by atoms with Gasteiger partial charge in [0.1, 0.15) is 0 Å². The minimum atomic E-state index is -0.110. The van der Waals surface area contributed by atoms with E-state index in [0.717, 1.165) is 5.56 Å². The van der Waals surface area contributed by atoms with Crippen molar-refractivity contribution < 1.29 is 9.59 Å². The molecule has 19 heavy (non-hydrogen) atoms. The molecule has 0 saturated heterocycles. The van der Waals surface area contributed by atoms with Crippen molar-refractivity contribution in [2.45, 2.75) is 6.42 Å². The number of benzene rings is 1. The fourth-order valence-electron chi connectivity index (χ4n) is 1.47. The zero-order chi connectivity index (χ0) is 14.1. The van der Waals surface area contributed by atoms with E-state index in [1.165, 1.54) is 0 Å². The summed E-state index contributed by atoms with van der Waals surface area (Å²) in [6, 6.07) is 7.21. The summed E-state index contributed by atoms with van der Waals surface area (Å²) in [6.45, 7) is 4.39. The van der Waals surface area contributed by atoms with Crippen molar-refractivity contribution in [1.29, 1.82) is 0 Å². The Balaban J connectivity index is 2.45. The standard InChI is InChI=1S/C14H19N3O2/c1-3-8-16-10-14(19)17-12-6-4-11(5-7-12)9-13(18)15-2/h3-7,16H,1,8-10H2,2H3,(H,15,18)(H,17,19).